The number of hydrogen-bond donors (Lipinski definition) is 13. The van der Waals surface area contributed by atoms with Crippen molar-refractivity contribution in [2.45, 2.75) is 117 Å². The van der Waals surface area contributed by atoms with Gasteiger partial charge >= 0.3 is 0 Å². The Morgan fingerprint density at radius 2 is 1.52 bits per heavy atom. The van der Waals surface area contributed by atoms with Gasteiger partial charge in [-0.2, -0.15) is 0 Å². The monoisotopic (exact) mass is 610 g/mol. The largest absolute Gasteiger partial charge is 0.394 e. The van der Waals surface area contributed by atoms with Crippen molar-refractivity contribution < 1.29 is 54.7 Å². The lowest BCUT2D eigenvalue weighted by Gasteiger charge is -2.50. The molecule has 2 unspecified atom stereocenters. The van der Waals surface area contributed by atoms with Crippen LogP contribution in [0.5, 0.6) is 0 Å². The quantitative estimate of drug-likeness (QED) is 0.0975. The molecule has 17 N–H and O–H groups in total. The van der Waals surface area contributed by atoms with Gasteiger partial charge in [-0.05, 0) is 25.2 Å². The topological polar surface area (TPSA) is 307 Å². The second kappa shape index (κ2) is 15.1. The maximum absolute atomic E-state index is 11.6. The van der Waals surface area contributed by atoms with E-state index < -0.39 is 104 Å². The fourth-order valence-corrected chi connectivity index (χ4v) is 6.15. The molecule has 17 heteroatoms. The minimum atomic E-state index is -1.49. The molecule has 3 heterocycles. The predicted octanol–water partition coefficient (Wildman–Crippen LogP) is -7.33. The number of rotatable bonds is 12. The zero-order valence-electron chi connectivity index (χ0n) is 23.5. The Morgan fingerprint density at radius 1 is 0.857 bits per heavy atom. The Kier molecular flexibility index (Phi) is 12.3. The van der Waals surface area contributed by atoms with Crippen LogP contribution in [0.3, 0.4) is 0 Å². The van der Waals surface area contributed by atoms with Gasteiger partial charge in [-0.3, -0.25) is 0 Å². The van der Waals surface area contributed by atoms with Crippen molar-refractivity contribution in [3.8, 4) is 0 Å². The van der Waals surface area contributed by atoms with E-state index >= 15 is 0 Å². The molecule has 16 atom stereocenters. The molecule has 3 aliphatic heterocycles. The first kappa shape index (κ1) is 34.2. The zero-order valence-corrected chi connectivity index (χ0v) is 23.5. The van der Waals surface area contributed by atoms with Crippen LogP contribution >= 0.6 is 0 Å². The lowest BCUT2D eigenvalue weighted by Crippen LogP contribution is -2.71. The standard InChI is InChI=1S/C25H50N6O11/c26-4-11(33)2-1-9-3-12(28)23(21(38)22(9)41-25-19(36)15(29)17(34)14(8-32)40-25)42-24-16(31-10-6-30-7-10)20(37)18(35)13(5-27)39-24/h9-25,30-38H,1-8,26-29H2/t9-,11?,12+,13-,14-,15+,16-,17-,18-,19-,20-,21-,22+,23?,24-,25-/m1/s1. The number of ether oxygens (including phenoxy) is 4. The summed E-state index contributed by atoms with van der Waals surface area (Å²) >= 11 is 0. The summed E-state index contributed by atoms with van der Waals surface area (Å²) in [6.45, 7) is 0.632. The summed E-state index contributed by atoms with van der Waals surface area (Å²) < 4.78 is 23.9. The molecule has 4 fully saturated rings. The highest BCUT2D eigenvalue weighted by Crippen LogP contribution is 2.36. The Labute approximate surface area is 244 Å². The molecule has 0 radical (unpaired) electrons. The van der Waals surface area contributed by atoms with E-state index in [2.05, 4.69) is 10.6 Å². The van der Waals surface area contributed by atoms with Crippen molar-refractivity contribution in [1.82, 2.24) is 10.6 Å². The van der Waals surface area contributed by atoms with Crippen molar-refractivity contribution >= 4 is 0 Å². The molecule has 42 heavy (non-hydrogen) atoms. The molecule has 246 valence electrons. The average molecular weight is 611 g/mol. The molecule has 4 aliphatic rings. The van der Waals surface area contributed by atoms with Gasteiger partial charge in [0.15, 0.2) is 12.6 Å². The van der Waals surface area contributed by atoms with Crippen LogP contribution in [0.1, 0.15) is 19.3 Å². The van der Waals surface area contributed by atoms with Gasteiger partial charge in [0.05, 0.1) is 30.9 Å². The average Bonchev–Trinajstić information content (AvgIpc) is 2.95. The van der Waals surface area contributed by atoms with Crippen LogP contribution in [0.4, 0.5) is 0 Å². The predicted molar refractivity (Wildman–Crippen MR) is 145 cm³/mol. The molecule has 0 bridgehead atoms. The third-order valence-corrected chi connectivity index (χ3v) is 8.94. The summed E-state index contributed by atoms with van der Waals surface area (Å²) in [5.74, 6) is -0.450. The van der Waals surface area contributed by atoms with E-state index in [-0.39, 0.29) is 32.0 Å². The van der Waals surface area contributed by atoms with Crippen molar-refractivity contribution in [2.75, 3.05) is 32.8 Å². The third kappa shape index (κ3) is 7.40. The summed E-state index contributed by atoms with van der Waals surface area (Å²) in [6, 6.07) is -2.83. The molecular weight excluding hydrogens is 560 g/mol. The molecule has 17 nitrogen and oxygen atoms in total. The molecule has 4 rings (SSSR count). The van der Waals surface area contributed by atoms with Gasteiger partial charge in [-0.25, -0.2) is 0 Å². The van der Waals surface area contributed by atoms with Crippen LogP contribution in [0.25, 0.3) is 0 Å². The van der Waals surface area contributed by atoms with Crippen LogP contribution in [0, 0.1) is 5.92 Å². The summed E-state index contributed by atoms with van der Waals surface area (Å²) in [5, 5.41) is 80.1. The first-order valence-corrected chi connectivity index (χ1v) is 14.7. The Balaban J connectivity index is 1.55. The highest BCUT2D eigenvalue weighted by atomic mass is 16.7. The second-order valence-electron chi connectivity index (χ2n) is 11.9. The highest BCUT2D eigenvalue weighted by Gasteiger charge is 2.52. The van der Waals surface area contributed by atoms with E-state index in [1.54, 1.807) is 0 Å². The zero-order chi connectivity index (χ0) is 30.7. The minimum absolute atomic E-state index is 0.00988. The van der Waals surface area contributed by atoms with Gasteiger partial charge in [-0.1, -0.05) is 0 Å². The van der Waals surface area contributed by atoms with Gasteiger partial charge in [0.2, 0.25) is 0 Å². The smallest absolute Gasteiger partial charge is 0.186 e. The highest BCUT2D eigenvalue weighted by molar-refractivity contribution is 5.02. The summed E-state index contributed by atoms with van der Waals surface area (Å²) in [6.07, 6.45) is -13.5. The van der Waals surface area contributed by atoms with Gasteiger partial charge in [0.25, 0.3) is 0 Å². The third-order valence-electron chi connectivity index (χ3n) is 8.94. The van der Waals surface area contributed by atoms with Gasteiger partial charge < -0.3 is 88.3 Å². The fraction of sp³-hybridized carbons (Fsp3) is 1.00. The maximum Gasteiger partial charge on any atom is 0.186 e. The minimum Gasteiger partial charge on any atom is -0.394 e. The van der Waals surface area contributed by atoms with E-state index in [9.17, 15) is 35.7 Å². The van der Waals surface area contributed by atoms with Crippen molar-refractivity contribution in [2.24, 2.45) is 28.9 Å². The number of nitrogens with one attached hydrogen (secondary N) is 2. The number of hydrogen-bond acceptors (Lipinski definition) is 17. The van der Waals surface area contributed by atoms with E-state index in [0.29, 0.717) is 19.5 Å². The molecule has 1 saturated carbocycles. The molecule has 1 aliphatic carbocycles. The second-order valence-corrected chi connectivity index (χ2v) is 11.9. The van der Waals surface area contributed by atoms with Crippen LogP contribution in [-0.4, -0.2) is 166 Å². The van der Waals surface area contributed by atoms with E-state index in [1.165, 1.54) is 0 Å². The van der Waals surface area contributed by atoms with Crippen molar-refractivity contribution in [3.63, 3.8) is 0 Å². The van der Waals surface area contributed by atoms with Crippen LogP contribution in [0.15, 0.2) is 0 Å². The maximum atomic E-state index is 11.6. The van der Waals surface area contributed by atoms with Gasteiger partial charge in [-0.15, -0.1) is 0 Å². The number of nitrogens with two attached hydrogens (primary N) is 4. The Hall–Kier alpha value is -0.680. The Morgan fingerprint density at radius 3 is 2.12 bits per heavy atom. The molecule has 3 saturated heterocycles. The lowest BCUT2D eigenvalue weighted by molar-refractivity contribution is -0.325. The normalized spacial score (nSPS) is 47.6. The van der Waals surface area contributed by atoms with E-state index in [0.717, 1.165) is 0 Å². The molecule has 0 aromatic carbocycles. The van der Waals surface area contributed by atoms with E-state index in [4.69, 9.17) is 41.9 Å². The molecular formula is C25H50N6O11. The SMILES string of the molecule is NCC(O)CC[C@@H]1C[C@H](N)C(O[C@H]2O[C@H](CN)[C@@H](O)[C@H](O)[C@H]2NC2CNC2)[C@H](O)[C@H]1O[C@H]1O[C@H](CO)[C@@H](O)[C@H](N)[C@H]1O. The molecule has 0 aromatic heterocycles. The molecule has 0 aromatic rings. The molecule has 0 spiro atoms. The van der Waals surface area contributed by atoms with E-state index in [1.807, 2.05) is 0 Å². The van der Waals surface area contributed by atoms with Gasteiger partial charge in [0.1, 0.15) is 48.8 Å². The summed E-state index contributed by atoms with van der Waals surface area (Å²) in [4.78, 5) is 0. The fourth-order valence-electron chi connectivity index (χ4n) is 6.15. The first-order valence-electron chi connectivity index (χ1n) is 14.7. The van der Waals surface area contributed by atoms with Gasteiger partial charge in [0, 0.05) is 38.3 Å². The summed E-state index contributed by atoms with van der Waals surface area (Å²) in [5.41, 5.74) is 23.8. The summed E-state index contributed by atoms with van der Waals surface area (Å²) in [7, 11) is 0. The van der Waals surface area contributed by atoms with Crippen LogP contribution in [0.2, 0.25) is 0 Å². The van der Waals surface area contributed by atoms with Crippen molar-refractivity contribution in [1.29, 1.82) is 0 Å². The van der Waals surface area contributed by atoms with Crippen LogP contribution in [-0.2, 0) is 18.9 Å². The number of aliphatic hydroxyl groups is 7. The van der Waals surface area contributed by atoms with Crippen molar-refractivity contribution in [3.05, 3.63) is 0 Å². The lowest BCUT2D eigenvalue weighted by atomic mass is 9.77. The molecule has 0 amide bonds. The van der Waals surface area contributed by atoms with Crippen LogP contribution < -0.4 is 33.6 Å². The number of aliphatic hydroxyl groups excluding tert-OH is 7. The first-order chi connectivity index (χ1) is 20.0. The Bertz CT molecular complexity index is 834.